The summed E-state index contributed by atoms with van der Waals surface area (Å²) in [5.74, 6) is 3.32. The molecule has 2 N–H and O–H groups in total. The van der Waals surface area contributed by atoms with E-state index < -0.39 is 0 Å². The van der Waals surface area contributed by atoms with Crippen LogP contribution in [0.2, 0.25) is 0 Å². The second-order valence-corrected chi connectivity index (χ2v) is 3.96. The highest BCUT2D eigenvalue weighted by molar-refractivity contribution is 14.0. The van der Waals surface area contributed by atoms with Gasteiger partial charge in [-0.25, -0.2) is 0 Å². The Labute approximate surface area is 122 Å². The van der Waals surface area contributed by atoms with Crippen molar-refractivity contribution < 1.29 is 0 Å². The molecular weight excluding hydrogens is 327 g/mol. The van der Waals surface area contributed by atoms with E-state index in [2.05, 4.69) is 26.4 Å². The maximum atomic E-state index is 5.17. The molecule has 0 aromatic rings. The van der Waals surface area contributed by atoms with Gasteiger partial charge in [-0.1, -0.05) is 12.3 Å². The first-order valence-corrected chi connectivity index (χ1v) is 5.97. The van der Waals surface area contributed by atoms with Gasteiger partial charge in [-0.15, -0.1) is 30.4 Å². The number of rotatable bonds is 4. The summed E-state index contributed by atoms with van der Waals surface area (Å²) < 4.78 is 0. The number of nitrogens with zero attached hydrogens (tertiary/aromatic N) is 2. The first kappa shape index (κ1) is 16.5. The monoisotopic (exact) mass is 350 g/mol. The van der Waals surface area contributed by atoms with Gasteiger partial charge in [-0.3, -0.25) is 4.99 Å². The van der Waals surface area contributed by atoms with Crippen LogP contribution in [0.25, 0.3) is 0 Å². The van der Waals surface area contributed by atoms with Gasteiger partial charge >= 0.3 is 0 Å². The van der Waals surface area contributed by atoms with Gasteiger partial charge in [0, 0.05) is 20.1 Å². The Bertz CT molecular complexity index is 254. The molecule has 0 aromatic heterocycles. The van der Waals surface area contributed by atoms with E-state index in [1.807, 2.05) is 0 Å². The van der Waals surface area contributed by atoms with Gasteiger partial charge < -0.3 is 15.5 Å². The van der Waals surface area contributed by atoms with E-state index in [4.69, 9.17) is 6.42 Å². The summed E-state index contributed by atoms with van der Waals surface area (Å²) in [6.07, 6.45) is 9.23. The molecule has 1 heterocycles. The summed E-state index contributed by atoms with van der Waals surface area (Å²) in [7, 11) is 1.76. The van der Waals surface area contributed by atoms with Gasteiger partial charge in [0.25, 0.3) is 0 Å². The minimum atomic E-state index is 0. The molecule has 98 valence electrons. The smallest absolute Gasteiger partial charge is 0.191 e. The van der Waals surface area contributed by atoms with Crippen molar-refractivity contribution in [3.05, 3.63) is 0 Å². The van der Waals surface area contributed by atoms with Crippen molar-refractivity contribution in [2.45, 2.75) is 19.3 Å². The zero-order valence-electron chi connectivity index (χ0n) is 10.5. The van der Waals surface area contributed by atoms with E-state index in [1.165, 1.54) is 32.4 Å². The average Bonchev–Trinajstić information content (AvgIpc) is 2.35. The number of likely N-dealkylation sites (tertiary alicyclic amines) is 1. The van der Waals surface area contributed by atoms with Crippen LogP contribution in [0.1, 0.15) is 19.3 Å². The highest BCUT2D eigenvalue weighted by atomic mass is 127. The van der Waals surface area contributed by atoms with Gasteiger partial charge in [0.2, 0.25) is 0 Å². The Kier molecular flexibility index (Phi) is 10.4. The molecule has 0 radical (unpaired) electrons. The van der Waals surface area contributed by atoms with E-state index in [0.29, 0.717) is 6.54 Å². The predicted molar refractivity (Wildman–Crippen MR) is 83.9 cm³/mol. The number of aliphatic imine (C=N–C) groups is 1. The van der Waals surface area contributed by atoms with Gasteiger partial charge in [0.05, 0.1) is 6.54 Å². The van der Waals surface area contributed by atoms with Crippen molar-refractivity contribution in [2.24, 2.45) is 4.99 Å². The van der Waals surface area contributed by atoms with Crippen molar-refractivity contribution in [3.8, 4) is 12.3 Å². The Morgan fingerprint density at radius 3 is 2.59 bits per heavy atom. The van der Waals surface area contributed by atoms with Crippen molar-refractivity contribution in [1.29, 1.82) is 0 Å². The molecule has 0 aromatic carbocycles. The van der Waals surface area contributed by atoms with E-state index in [1.54, 1.807) is 7.05 Å². The minimum Gasteiger partial charge on any atom is -0.355 e. The molecule has 17 heavy (non-hydrogen) atoms. The van der Waals surface area contributed by atoms with Gasteiger partial charge in [-0.2, -0.15) is 0 Å². The first-order valence-electron chi connectivity index (χ1n) is 5.97. The van der Waals surface area contributed by atoms with Crippen molar-refractivity contribution in [3.63, 3.8) is 0 Å². The second kappa shape index (κ2) is 10.7. The van der Waals surface area contributed by atoms with Crippen molar-refractivity contribution in [1.82, 2.24) is 15.5 Å². The van der Waals surface area contributed by atoms with Crippen LogP contribution in [-0.2, 0) is 0 Å². The fraction of sp³-hybridized carbons (Fsp3) is 0.750. The Balaban J connectivity index is 0.00000256. The Morgan fingerprint density at radius 1 is 1.29 bits per heavy atom. The van der Waals surface area contributed by atoms with Crippen LogP contribution in [0.3, 0.4) is 0 Å². The van der Waals surface area contributed by atoms with Gasteiger partial charge in [0.1, 0.15) is 0 Å². The number of piperidine rings is 1. The SMILES string of the molecule is C#CCNC(=NC)NCCN1CCCCC1.I. The van der Waals surface area contributed by atoms with E-state index >= 15 is 0 Å². The molecule has 5 heteroatoms. The van der Waals surface area contributed by atoms with Crippen LogP contribution >= 0.6 is 24.0 Å². The lowest BCUT2D eigenvalue weighted by molar-refractivity contribution is 0.232. The molecule has 1 fully saturated rings. The lowest BCUT2D eigenvalue weighted by atomic mass is 10.1. The second-order valence-electron chi connectivity index (χ2n) is 3.96. The molecule has 0 amide bonds. The van der Waals surface area contributed by atoms with Crippen LogP contribution in [0.15, 0.2) is 4.99 Å². The molecule has 0 spiro atoms. The summed E-state index contributed by atoms with van der Waals surface area (Å²) in [5, 5.41) is 6.29. The standard InChI is InChI=1S/C12H22N4.HI/c1-3-7-14-12(13-2)15-8-11-16-9-5-4-6-10-16;/h1H,4-11H2,2H3,(H2,13,14,15);1H. The highest BCUT2D eigenvalue weighted by Gasteiger charge is 2.08. The molecule has 1 aliphatic rings. The molecule has 4 nitrogen and oxygen atoms in total. The van der Waals surface area contributed by atoms with E-state index in [-0.39, 0.29) is 24.0 Å². The largest absolute Gasteiger partial charge is 0.355 e. The molecule has 0 unspecified atom stereocenters. The molecule has 0 saturated carbocycles. The molecule has 1 aliphatic heterocycles. The number of nitrogens with one attached hydrogen (secondary N) is 2. The molecule has 0 atom stereocenters. The average molecular weight is 350 g/mol. The number of hydrogen-bond donors (Lipinski definition) is 2. The topological polar surface area (TPSA) is 39.7 Å². The summed E-state index contributed by atoms with van der Waals surface area (Å²) in [6, 6.07) is 0. The summed E-state index contributed by atoms with van der Waals surface area (Å²) >= 11 is 0. The van der Waals surface area contributed by atoms with Crippen molar-refractivity contribution in [2.75, 3.05) is 39.8 Å². The van der Waals surface area contributed by atoms with E-state index in [9.17, 15) is 0 Å². The third-order valence-corrected chi connectivity index (χ3v) is 2.75. The summed E-state index contributed by atoms with van der Waals surface area (Å²) in [5.41, 5.74) is 0. The van der Waals surface area contributed by atoms with Crippen LogP contribution in [0.5, 0.6) is 0 Å². The number of guanidine groups is 1. The minimum absolute atomic E-state index is 0. The molecule has 0 aliphatic carbocycles. The lowest BCUT2D eigenvalue weighted by Crippen LogP contribution is -2.42. The summed E-state index contributed by atoms with van der Waals surface area (Å²) in [6.45, 7) is 4.99. The third kappa shape index (κ3) is 7.45. The van der Waals surface area contributed by atoms with Gasteiger partial charge in [0.15, 0.2) is 5.96 Å². The highest BCUT2D eigenvalue weighted by Crippen LogP contribution is 2.07. The normalized spacial score (nSPS) is 16.8. The first-order chi connectivity index (χ1) is 7.86. The fourth-order valence-corrected chi connectivity index (χ4v) is 1.87. The van der Waals surface area contributed by atoms with Crippen molar-refractivity contribution >= 4 is 29.9 Å². The maximum Gasteiger partial charge on any atom is 0.191 e. The zero-order chi connectivity index (χ0) is 11.6. The van der Waals surface area contributed by atoms with Gasteiger partial charge in [-0.05, 0) is 25.9 Å². The van der Waals surface area contributed by atoms with Crippen LogP contribution in [-0.4, -0.2) is 50.6 Å². The van der Waals surface area contributed by atoms with E-state index in [0.717, 1.165) is 19.0 Å². The molecule has 1 saturated heterocycles. The van der Waals surface area contributed by atoms with Crippen LogP contribution in [0.4, 0.5) is 0 Å². The fourth-order valence-electron chi connectivity index (χ4n) is 1.87. The zero-order valence-corrected chi connectivity index (χ0v) is 12.9. The third-order valence-electron chi connectivity index (χ3n) is 2.75. The number of hydrogen-bond acceptors (Lipinski definition) is 2. The molecule has 0 bridgehead atoms. The van der Waals surface area contributed by atoms with Crippen LogP contribution < -0.4 is 10.6 Å². The number of halogens is 1. The maximum absolute atomic E-state index is 5.17. The number of terminal acetylenes is 1. The Morgan fingerprint density at radius 2 is 2.00 bits per heavy atom. The predicted octanol–water partition coefficient (Wildman–Crippen LogP) is 0.888. The quantitative estimate of drug-likeness (QED) is 0.342. The Hall–Kier alpha value is -0.480. The molecule has 1 rings (SSSR count). The van der Waals surface area contributed by atoms with Crippen LogP contribution in [0, 0.1) is 12.3 Å². The summed E-state index contributed by atoms with van der Waals surface area (Å²) in [4.78, 5) is 6.58. The lowest BCUT2D eigenvalue weighted by Gasteiger charge is -2.26. The molecular formula is C12H23IN4.